The van der Waals surface area contributed by atoms with Crippen molar-refractivity contribution in [1.29, 1.82) is 0 Å². The maximum absolute atomic E-state index is 14.3. The Kier molecular flexibility index (Phi) is 7.93. The standard InChI is InChI=1S/C27H31FN2O3S/c1-18(2)17-33-23-14-13-19(15-24(23)32-3)16-25-26(31)30(20-9-5-4-6-10-20)27(34-25)29-22-12-8-7-11-21(22)28/h7-8,11-16,18,20H,4-6,9-10,17H2,1-3H3/b25-16-,29-27?. The van der Waals surface area contributed by atoms with Crippen LogP contribution >= 0.6 is 11.8 Å². The van der Waals surface area contributed by atoms with E-state index in [-0.39, 0.29) is 17.6 Å². The van der Waals surface area contributed by atoms with Gasteiger partial charge in [-0.1, -0.05) is 51.3 Å². The lowest BCUT2D eigenvalue weighted by Gasteiger charge is -2.30. The van der Waals surface area contributed by atoms with Crippen LogP contribution in [0.1, 0.15) is 51.5 Å². The first-order chi connectivity index (χ1) is 16.5. The molecule has 0 aromatic heterocycles. The lowest BCUT2D eigenvalue weighted by molar-refractivity contribution is -0.124. The van der Waals surface area contributed by atoms with Crippen LogP contribution in [0.3, 0.4) is 0 Å². The number of halogens is 1. The first-order valence-electron chi connectivity index (χ1n) is 11.8. The number of aliphatic imine (C=N–C) groups is 1. The fourth-order valence-electron chi connectivity index (χ4n) is 4.17. The molecule has 1 aliphatic heterocycles. The van der Waals surface area contributed by atoms with Crippen molar-refractivity contribution in [2.24, 2.45) is 10.9 Å². The van der Waals surface area contributed by atoms with E-state index in [1.807, 2.05) is 24.3 Å². The van der Waals surface area contributed by atoms with Crippen LogP contribution in [0.25, 0.3) is 6.08 Å². The summed E-state index contributed by atoms with van der Waals surface area (Å²) in [5.41, 5.74) is 1.08. The van der Waals surface area contributed by atoms with Crippen molar-refractivity contribution in [1.82, 2.24) is 4.90 Å². The Morgan fingerprint density at radius 3 is 2.62 bits per heavy atom. The van der Waals surface area contributed by atoms with Crippen molar-refractivity contribution < 1.29 is 18.7 Å². The molecule has 1 aliphatic carbocycles. The minimum absolute atomic E-state index is 0.0777. The number of amidine groups is 1. The van der Waals surface area contributed by atoms with Gasteiger partial charge in [-0.15, -0.1) is 0 Å². The van der Waals surface area contributed by atoms with Crippen molar-refractivity contribution in [3.05, 3.63) is 58.8 Å². The number of carbonyl (C=O) groups is 1. The van der Waals surface area contributed by atoms with Gasteiger partial charge in [0.05, 0.1) is 18.6 Å². The monoisotopic (exact) mass is 482 g/mol. The van der Waals surface area contributed by atoms with Crippen LogP contribution in [0.15, 0.2) is 52.4 Å². The van der Waals surface area contributed by atoms with Gasteiger partial charge >= 0.3 is 0 Å². The van der Waals surface area contributed by atoms with E-state index in [2.05, 4.69) is 18.8 Å². The second-order valence-electron chi connectivity index (χ2n) is 9.04. The number of nitrogens with zero attached hydrogens (tertiary/aromatic N) is 2. The van der Waals surface area contributed by atoms with Crippen molar-refractivity contribution >= 4 is 34.6 Å². The Morgan fingerprint density at radius 2 is 1.91 bits per heavy atom. The van der Waals surface area contributed by atoms with Gasteiger partial charge in [0.2, 0.25) is 0 Å². The van der Waals surface area contributed by atoms with Crippen molar-refractivity contribution in [2.75, 3.05) is 13.7 Å². The zero-order valence-corrected chi connectivity index (χ0v) is 20.7. The molecule has 0 bridgehead atoms. The highest BCUT2D eigenvalue weighted by Gasteiger charge is 2.38. The van der Waals surface area contributed by atoms with E-state index in [4.69, 9.17) is 9.47 Å². The zero-order valence-electron chi connectivity index (χ0n) is 19.9. The van der Waals surface area contributed by atoms with E-state index in [0.29, 0.717) is 34.1 Å². The van der Waals surface area contributed by atoms with E-state index in [9.17, 15) is 9.18 Å². The Labute approximate surface area is 205 Å². The minimum atomic E-state index is -0.397. The second kappa shape index (κ2) is 11.1. The number of benzene rings is 2. The molecule has 0 N–H and O–H groups in total. The number of amides is 1. The molecule has 0 radical (unpaired) electrons. The smallest absolute Gasteiger partial charge is 0.267 e. The van der Waals surface area contributed by atoms with E-state index >= 15 is 0 Å². The summed E-state index contributed by atoms with van der Waals surface area (Å²) < 4.78 is 25.7. The largest absolute Gasteiger partial charge is 0.493 e. The van der Waals surface area contributed by atoms with Gasteiger partial charge in [-0.05, 0) is 66.4 Å². The minimum Gasteiger partial charge on any atom is -0.493 e. The molecule has 2 aromatic carbocycles. The molecule has 1 saturated carbocycles. The van der Waals surface area contributed by atoms with E-state index in [1.54, 1.807) is 30.2 Å². The molecule has 0 unspecified atom stereocenters. The first kappa shape index (κ1) is 24.3. The van der Waals surface area contributed by atoms with E-state index in [0.717, 1.165) is 31.2 Å². The van der Waals surface area contributed by atoms with Crippen LogP contribution in [0.4, 0.5) is 10.1 Å². The van der Waals surface area contributed by atoms with Crippen LogP contribution in [0.2, 0.25) is 0 Å². The van der Waals surface area contributed by atoms with Gasteiger partial charge in [-0.2, -0.15) is 0 Å². The molecular weight excluding hydrogens is 451 g/mol. The molecule has 1 saturated heterocycles. The fourth-order valence-corrected chi connectivity index (χ4v) is 5.22. The summed E-state index contributed by atoms with van der Waals surface area (Å²) >= 11 is 1.30. The van der Waals surface area contributed by atoms with Gasteiger partial charge in [0.1, 0.15) is 11.5 Å². The first-order valence-corrected chi connectivity index (χ1v) is 12.6. The second-order valence-corrected chi connectivity index (χ2v) is 10.0. The number of carbonyl (C=O) groups excluding carboxylic acids is 1. The van der Waals surface area contributed by atoms with Crippen LogP contribution in [-0.2, 0) is 4.79 Å². The summed E-state index contributed by atoms with van der Waals surface area (Å²) in [4.78, 5) is 20.4. The SMILES string of the molecule is COc1cc(/C=C2\SC(=Nc3ccccc3F)N(C3CCCCC3)C2=O)ccc1OCC(C)C. The molecule has 0 atom stereocenters. The molecule has 2 aromatic rings. The van der Waals surface area contributed by atoms with Gasteiger partial charge in [-0.3, -0.25) is 9.69 Å². The van der Waals surface area contributed by atoms with Crippen molar-refractivity contribution in [3.8, 4) is 11.5 Å². The lowest BCUT2D eigenvalue weighted by Crippen LogP contribution is -2.40. The lowest BCUT2D eigenvalue weighted by atomic mass is 9.94. The van der Waals surface area contributed by atoms with Gasteiger partial charge in [0.25, 0.3) is 5.91 Å². The van der Waals surface area contributed by atoms with Gasteiger partial charge in [0, 0.05) is 6.04 Å². The van der Waals surface area contributed by atoms with Crippen LogP contribution in [0.5, 0.6) is 11.5 Å². The molecule has 7 heteroatoms. The molecule has 1 amide bonds. The molecule has 34 heavy (non-hydrogen) atoms. The molecule has 2 fully saturated rings. The molecule has 5 nitrogen and oxygen atoms in total. The molecule has 0 spiro atoms. The fraction of sp³-hybridized carbons (Fsp3) is 0.407. The quantitative estimate of drug-likeness (QED) is 0.407. The maximum Gasteiger partial charge on any atom is 0.267 e. The van der Waals surface area contributed by atoms with Crippen molar-refractivity contribution in [3.63, 3.8) is 0 Å². The van der Waals surface area contributed by atoms with Gasteiger partial charge in [-0.25, -0.2) is 9.38 Å². The van der Waals surface area contributed by atoms with E-state index in [1.165, 1.54) is 24.2 Å². The molecule has 4 rings (SSSR count). The number of thioether (sulfide) groups is 1. The summed E-state index contributed by atoms with van der Waals surface area (Å²) in [6, 6.07) is 12.1. The Hall–Kier alpha value is -2.80. The molecule has 2 aliphatic rings. The third-order valence-corrected chi connectivity index (χ3v) is 6.89. The highest BCUT2D eigenvalue weighted by Crippen LogP contribution is 2.39. The summed E-state index contributed by atoms with van der Waals surface area (Å²) in [5.74, 6) is 1.22. The topological polar surface area (TPSA) is 51.1 Å². The number of hydrogen-bond acceptors (Lipinski definition) is 5. The number of methoxy groups -OCH3 is 1. The normalized spacial score (nSPS) is 19.4. The van der Waals surface area contributed by atoms with Crippen LogP contribution < -0.4 is 9.47 Å². The third-order valence-electron chi connectivity index (χ3n) is 5.90. The maximum atomic E-state index is 14.3. The molecule has 1 heterocycles. The summed E-state index contributed by atoms with van der Waals surface area (Å²) in [5, 5.41) is 0.539. The molecule has 180 valence electrons. The summed E-state index contributed by atoms with van der Waals surface area (Å²) in [7, 11) is 1.61. The number of ether oxygens (including phenoxy) is 2. The van der Waals surface area contributed by atoms with Crippen LogP contribution in [-0.4, -0.2) is 35.7 Å². The number of para-hydroxylation sites is 1. The summed E-state index contributed by atoms with van der Waals surface area (Å²) in [6.45, 7) is 4.77. The Bertz CT molecular complexity index is 1090. The highest BCUT2D eigenvalue weighted by atomic mass is 32.2. The van der Waals surface area contributed by atoms with Crippen molar-refractivity contribution in [2.45, 2.75) is 52.0 Å². The third kappa shape index (κ3) is 5.63. The zero-order chi connectivity index (χ0) is 24.1. The predicted octanol–water partition coefficient (Wildman–Crippen LogP) is 6.81. The number of hydrogen-bond donors (Lipinski definition) is 0. The highest BCUT2D eigenvalue weighted by molar-refractivity contribution is 8.18. The average Bonchev–Trinajstić information content (AvgIpc) is 3.14. The predicted molar refractivity (Wildman–Crippen MR) is 136 cm³/mol. The average molecular weight is 483 g/mol. The summed E-state index contributed by atoms with van der Waals surface area (Å²) in [6.07, 6.45) is 7.07. The van der Waals surface area contributed by atoms with Gasteiger partial charge < -0.3 is 9.47 Å². The number of rotatable bonds is 7. The van der Waals surface area contributed by atoms with Gasteiger partial charge in [0.15, 0.2) is 16.7 Å². The Morgan fingerprint density at radius 1 is 1.15 bits per heavy atom. The van der Waals surface area contributed by atoms with E-state index < -0.39 is 5.82 Å². The Balaban J connectivity index is 1.65. The molecular formula is C27H31FN2O3S. The van der Waals surface area contributed by atoms with Crippen LogP contribution in [0, 0.1) is 11.7 Å².